The van der Waals surface area contributed by atoms with Gasteiger partial charge in [0.15, 0.2) is 0 Å². The molecule has 0 saturated carbocycles. The third kappa shape index (κ3) is 7.32. The van der Waals surface area contributed by atoms with Gasteiger partial charge in [-0.25, -0.2) is 0 Å². The summed E-state index contributed by atoms with van der Waals surface area (Å²) in [7, 11) is 0. The van der Waals surface area contributed by atoms with Crippen LogP contribution in [0.15, 0.2) is 12.2 Å². The molecule has 0 heterocycles. The maximum absolute atomic E-state index is 10.9. The Morgan fingerprint density at radius 1 is 1.33 bits per heavy atom. The van der Waals surface area contributed by atoms with E-state index in [0.29, 0.717) is 13.0 Å². The Balaban J connectivity index is 3.25. The Labute approximate surface area is 74.6 Å². The van der Waals surface area contributed by atoms with Gasteiger partial charge in [0.1, 0.15) is 0 Å². The van der Waals surface area contributed by atoms with E-state index in [1.54, 1.807) is 0 Å². The van der Waals surface area contributed by atoms with Crippen molar-refractivity contribution in [3.63, 3.8) is 0 Å². The number of allylic oxidation sites excluding steroid dienone is 2. The average molecular weight is 170 g/mol. The Morgan fingerprint density at radius 3 is 2.67 bits per heavy atom. The van der Waals surface area contributed by atoms with Gasteiger partial charge in [-0.15, -0.1) is 0 Å². The average Bonchev–Trinajstić information content (AvgIpc) is 2.09. The molecule has 0 rings (SSSR count). The monoisotopic (exact) mass is 170 g/mol. The van der Waals surface area contributed by atoms with E-state index >= 15 is 0 Å². The molecule has 0 unspecified atom stereocenters. The standard InChI is InChI=1S/C10H18O2/c1-3-5-6-7-8-10(11)12-9-4-2/h5-6H,3-4,7-9H2,1-2H3. The van der Waals surface area contributed by atoms with Gasteiger partial charge in [-0.2, -0.15) is 0 Å². The number of esters is 1. The first-order valence-electron chi connectivity index (χ1n) is 4.61. The second kappa shape index (κ2) is 8.31. The van der Waals surface area contributed by atoms with Gasteiger partial charge in [0.25, 0.3) is 0 Å². The maximum Gasteiger partial charge on any atom is 0.306 e. The van der Waals surface area contributed by atoms with Gasteiger partial charge in [-0.05, 0) is 19.3 Å². The minimum atomic E-state index is -0.0856. The number of ether oxygens (including phenoxy) is 1. The summed E-state index contributed by atoms with van der Waals surface area (Å²) in [6, 6.07) is 0. The number of hydrogen-bond acceptors (Lipinski definition) is 2. The summed E-state index contributed by atoms with van der Waals surface area (Å²) in [5.74, 6) is -0.0856. The molecule has 0 N–H and O–H groups in total. The zero-order valence-electron chi connectivity index (χ0n) is 8.01. The highest BCUT2D eigenvalue weighted by atomic mass is 16.5. The molecule has 0 spiro atoms. The summed E-state index contributed by atoms with van der Waals surface area (Å²) in [5.41, 5.74) is 0. The highest BCUT2D eigenvalue weighted by molar-refractivity contribution is 5.69. The molecule has 2 nitrogen and oxygen atoms in total. The van der Waals surface area contributed by atoms with Crippen molar-refractivity contribution in [3.05, 3.63) is 12.2 Å². The lowest BCUT2D eigenvalue weighted by atomic mass is 10.3. The molecule has 0 aliphatic rings. The fraction of sp³-hybridized carbons (Fsp3) is 0.700. The molecule has 2 heteroatoms. The minimum Gasteiger partial charge on any atom is -0.466 e. The van der Waals surface area contributed by atoms with Gasteiger partial charge in [0.2, 0.25) is 0 Å². The first-order valence-corrected chi connectivity index (χ1v) is 4.61. The SMILES string of the molecule is CCC=CCCC(=O)OCCC. The van der Waals surface area contributed by atoms with Crippen molar-refractivity contribution in [2.45, 2.75) is 39.5 Å². The van der Waals surface area contributed by atoms with E-state index in [9.17, 15) is 4.79 Å². The third-order valence-corrected chi connectivity index (χ3v) is 1.38. The predicted octanol–water partition coefficient (Wildman–Crippen LogP) is 2.69. The lowest BCUT2D eigenvalue weighted by molar-refractivity contribution is -0.143. The van der Waals surface area contributed by atoms with Gasteiger partial charge >= 0.3 is 5.97 Å². The molecular formula is C10H18O2. The van der Waals surface area contributed by atoms with E-state index in [1.165, 1.54) is 0 Å². The van der Waals surface area contributed by atoms with Crippen LogP contribution >= 0.6 is 0 Å². The Morgan fingerprint density at radius 2 is 2.08 bits per heavy atom. The van der Waals surface area contributed by atoms with Crippen molar-refractivity contribution in [2.75, 3.05) is 6.61 Å². The molecule has 0 radical (unpaired) electrons. The van der Waals surface area contributed by atoms with E-state index in [2.05, 4.69) is 13.0 Å². The van der Waals surface area contributed by atoms with Crippen LogP contribution in [0.3, 0.4) is 0 Å². The van der Waals surface area contributed by atoms with Crippen molar-refractivity contribution in [3.8, 4) is 0 Å². The fourth-order valence-electron chi connectivity index (χ4n) is 0.774. The number of carbonyl (C=O) groups excluding carboxylic acids is 1. The number of hydrogen-bond donors (Lipinski definition) is 0. The molecule has 0 aromatic carbocycles. The zero-order valence-corrected chi connectivity index (χ0v) is 8.01. The van der Waals surface area contributed by atoms with Crippen molar-refractivity contribution < 1.29 is 9.53 Å². The molecule has 0 aliphatic heterocycles. The molecular weight excluding hydrogens is 152 g/mol. The third-order valence-electron chi connectivity index (χ3n) is 1.38. The van der Waals surface area contributed by atoms with Crippen LogP contribution in [-0.2, 0) is 9.53 Å². The highest BCUT2D eigenvalue weighted by Gasteiger charge is 1.98. The van der Waals surface area contributed by atoms with Gasteiger partial charge in [0.05, 0.1) is 6.61 Å². The van der Waals surface area contributed by atoms with E-state index in [4.69, 9.17) is 4.74 Å². The highest BCUT2D eigenvalue weighted by Crippen LogP contribution is 1.95. The summed E-state index contributed by atoms with van der Waals surface area (Å²) in [4.78, 5) is 10.9. The van der Waals surface area contributed by atoms with E-state index in [1.807, 2.05) is 13.0 Å². The van der Waals surface area contributed by atoms with Crippen LogP contribution in [0.5, 0.6) is 0 Å². The minimum absolute atomic E-state index is 0.0856. The molecule has 0 amide bonds. The molecule has 12 heavy (non-hydrogen) atoms. The summed E-state index contributed by atoms with van der Waals surface area (Å²) in [5, 5.41) is 0. The zero-order chi connectivity index (χ0) is 9.23. The molecule has 0 atom stereocenters. The van der Waals surface area contributed by atoms with Gasteiger partial charge < -0.3 is 4.74 Å². The smallest absolute Gasteiger partial charge is 0.306 e. The van der Waals surface area contributed by atoms with Crippen LogP contribution in [0, 0.1) is 0 Å². The normalized spacial score (nSPS) is 10.5. The topological polar surface area (TPSA) is 26.3 Å². The summed E-state index contributed by atoms with van der Waals surface area (Å²) in [6.45, 7) is 4.62. The van der Waals surface area contributed by atoms with E-state index < -0.39 is 0 Å². The van der Waals surface area contributed by atoms with Crippen LogP contribution in [0.1, 0.15) is 39.5 Å². The fourth-order valence-corrected chi connectivity index (χ4v) is 0.774. The van der Waals surface area contributed by atoms with E-state index in [-0.39, 0.29) is 5.97 Å². The van der Waals surface area contributed by atoms with Crippen LogP contribution in [0.25, 0.3) is 0 Å². The number of carbonyl (C=O) groups is 1. The maximum atomic E-state index is 10.9. The molecule has 0 aromatic rings. The van der Waals surface area contributed by atoms with Crippen LogP contribution in [0.2, 0.25) is 0 Å². The Hall–Kier alpha value is -0.790. The summed E-state index contributed by atoms with van der Waals surface area (Å²) >= 11 is 0. The summed E-state index contributed by atoms with van der Waals surface area (Å²) < 4.78 is 4.90. The first kappa shape index (κ1) is 11.2. The lowest BCUT2D eigenvalue weighted by Gasteiger charge is -1.99. The summed E-state index contributed by atoms with van der Waals surface area (Å²) in [6.07, 6.45) is 7.33. The van der Waals surface area contributed by atoms with Crippen molar-refractivity contribution in [2.24, 2.45) is 0 Å². The molecule has 0 aromatic heterocycles. The number of rotatable bonds is 6. The molecule has 0 aliphatic carbocycles. The molecule has 0 saturated heterocycles. The molecule has 0 fully saturated rings. The van der Waals surface area contributed by atoms with Crippen LogP contribution in [0.4, 0.5) is 0 Å². The largest absolute Gasteiger partial charge is 0.466 e. The molecule has 0 bridgehead atoms. The Bertz CT molecular complexity index is 139. The van der Waals surface area contributed by atoms with Crippen molar-refractivity contribution in [1.82, 2.24) is 0 Å². The second-order valence-electron chi connectivity index (χ2n) is 2.64. The molecule has 70 valence electrons. The van der Waals surface area contributed by atoms with Gasteiger partial charge in [-0.1, -0.05) is 26.0 Å². The van der Waals surface area contributed by atoms with Crippen LogP contribution in [-0.4, -0.2) is 12.6 Å². The lowest BCUT2D eigenvalue weighted by Crippen LogP contribution is -2.03. The van der Waals surface area contributed by atoms with Gasteiger partial charge in [0, 0.05) is 6.42 Å². The predicted molar refractivity (Wildman–Crippen MR) is 49.9 cm³/mol. The first-order chi connectivity index (χ1) is 5.81. The van der Waals surface area contributed by atoms with Gasteiger partial charge in [-0.3, -0.25) is 4.79 Å². The van der Waals surface area contributed by atoms with Crippen molar-refractivity contribution >= 4 is 5.97 Å². The quantitative estimate of drug-likeness (QED) is 0.452. The van der Waals surface area contributed by atoms with E-state index in [0.717, 1.165) is 19.3 Å². The Kier molecular flexibility index (Phi) is 7.76. The van der Waals surface area contributed by atoms with Crippen molar-refractivity contribution in [1.29, 1.82) is 0 Å². The van der Waals surface area contributed by atoms with Crippen LogP contribution < -0.4 is 0 Å². The second-order valence-corrected chi connectivity index (χ2v) is 2.64.